The SMILES string of the molecule is CCOC(=O)C1(c2ccccc2)CNC(=S)NC1C. The van der Waals surface area contributed by atoms with Gasteiger partial charge in [-0.05, 0) is 31.6 Å². The van der Waals surface area contributed by atoms with Gasteiger partial charge in [-0.3, -0.25) is 4.79 Å². The second-order valence-corrected chi connectivity index (χ2v) is 5.01. The first-order chi connectivity index (χ1) is 9.11. The molecule has 4 nitrogen and oxygen atoms in total. The van der Waals surface area contributed by atoms with E-state index in [1.807, 2.05) is 44.2 Å². The Balaban J connectivity index is 2.44. The molecule has 1 aromatic rings. The molecule has 1 heterocycles. The van der Waals surface area contributed by atoms with E-state index in [4.69, 9.17) is 17.0 Å². The van der Waals surface area contributed by atoms with Crippen LogP contribution in [-0.4, -0.2) is 30.3 Å². The van der Waals surface area contributed by atoms with Gasteiger partial charge in [-0.1, -0.05) is 30.3 Å². The van der Waals surface area contributed by atoms with Crippen molar-refractivity contribution in [2.45, 2.75) is 25.3 Å². The maximum Gasteiger partial charge on any atom is 0.320 e. The zero-order valence-electron chi connectivity index (χ0n) is 11.1. The second kappa shape index (κ2) is 5.57. The van der Waals surface area contributed by atoms with Gasteiger partial charge in [0.25, 0.3) is 0 Å². The third kappa shape index (κ3) is 2.42. The topological polar surface area (TPSA) is 50.4 Å². The summed E-state index contributed by atoms with van der Waals surface area (Å²) in [5.41, 5.74) is 0.183. The molecular formula is C14H18N2O2S. The summed E-state index contributed by atoms with van der Waals surface area (Å²) in [4.78, 5) is 12.5. The molecule has 2 unspecified atom stereocenters. The van der Waals surface area contributed by atoms with Gasteiger partial charge in [-0.15, -0.1) is 0 Å². The molecule has 0 aromatic heterocycles. The monoisotopic (exact) mass is 278 g/mol. The largest absolute Gasteiger partial charge is 0.465 e. The van der Waals surface area contributed by atoms with E-state index in [0.29, 0.717) is 18.3 Å². The Labute approximate surface area is 118 Å². The number of esters is 1. The molecule has 19 heavy (non-hydrogen) atoms. The van der Waals surface area contributed by atoms with Crippen LogP contribution in [0.3, 0.4) is 0 Å². The van der Waals surface area contributed by atoms with E-state index in [9.17, 15) is 4.79 Å². The summed E-state index contributed by atoms with van der Waals surface area (Å²) in [7, 11) is 0. The quantitative estimate of drug-likeness (QED) is 0.646. The van der Waals surface area contributed by atoms with E-state index < -0.39 is 5.41 Å². The second-order valence-electron chi connectivity index (χ2n) is 4.61. The van der Waals surface area contributed by atoms with Crippen LogP contribution in [0.2, 0.25) is 0 Å². The van der Waals surface area contributed by atoms with Gasteiger partial charge in [0.1, 0.15) is 5.41 Å². The lowest BCUT2D eigenvalue weighted by Crippen LogP contribution is -2.66. The molecule has 5 heteroatoms. The van der Waals surface area contributed by atoms with Gasteiger partial charge in [0, 0.05) is 12.6 Å². The highest BCUT2D eigenvalue weighted by atomic mass is 32.1. The fraction of sp³-hybridized carbons (Fsp3) is 0.429. The van der Waals surface area contributed by atoms with E-state index in [0.717, 1.165) is 5.56 Å². The average Bonchev–Trinajstić information content (AvgIpc) is 2.40. The summed E-state index contributed by atoms with van der Waals surface area (Å²) in [6.07, 6.45) is 0. The Morgan fingerprint density at radius 2 is 2.16 bits per heavy atom. The summed E-state index contributed by atoms with van der Waals surface area (Å²) in [5.74, 6) is -0.226. The first-order valence-corrected chi connectivity index (χ1v) is 6.79. The molecule has 1 saturated heterocycles. The minimum Gasteiger partial charge on any atom is -0.465 e. The number of hydrogen-bond acceptors (Lipinski definition) is 3. The van der Waals surface area contributed by atoms with E-state index in [1.54, 1.807) is 0 Å². The molecule has 0 bridgehead atoms. The highest BCUT2D eigenvalue weighted by molar-refractivity contribution is 7.80. The van der Waals surface area contributed by atoms with E-state index in [2.05, 4.69) is 10.6 Å². The third-order valence-corrected chi connectivity index (χ3v) is 3.81. The van der Waals surface area contributed by atoms with Crippen molar-refractivity contribution in [1.82, 2.24) is 10.6 Å². The Morgan fingerprint density at radius 1 is 1.47 bits per heavy atom. The smallest absolute Gasteiger partial charge is 0.320 e. The fourth-order valence-electron chi connectivity index (χ4n) is 2.46. The van der Waals surface area contributed by atoms with Gasteiger partial charge >= 0.3 is 5.97 Å². The van der Waals surface area contributed by atoms with Crippen LogP contribution in [0.25, 0.3) is 0 Å². The number of hydrogen-bond donors (Lipinski definition) is 2. The van der Waals surface area contributed by atoms with Crippen LogP contribution in [0, 0.1) is 0 Å². The molecule has 0 saturated carbocycles. The minimum absolute atomic E-state index is 0.123. The molecule has 0 radical (unpaired) electrons. The van der Waals surface area contributed by atoms with Crippen LogP contribution in [0.15, 0.2) is 30.3 Å². The highest BCUT2D eigenvalue weighted by Crippen LogP contribution is 2.31. The van der Waals surface area contributed by atoms with Crippen molar-refractivity contribution in [3.05, 3.63) is 35.9 Å². The molecule has 2 N–H and O–H groups in total. The Morgan fingerprint density at radius 3 is 2.74 bits per heavy atom. The van der Waals surface area contributed by atoms with Gasteiger partial charge in [0.05, 0.1) is 6.61 Å². The van der Waals surface area contributed by atoms with Crippen molar-refractivity contribution >= 4 is 23.3 Å². The number of ether oxygens (including phenoxy) is 1. The number of nitrogens with one attached hydrogen (secondary N) is 2. The van der Waals surface area contributed by atoms with Crippen LogP contribution < -0.4 is 10.6 Å². The van der Waals surface area contributed by atoms with Crippen LogP contribution >= 0.6 is 12.2 Å². The number of carbonyl (C=O) groups excluding carboxylic acids is 1. The van der Waals surface area contributed by atoms with Gasteiger partial charge < -0.3 is 15.4 Å². The molecule has 1 aliphatic rings. The summed E-state index contributed by atoms with van der Waals surface area (Å²) in [6, 6.07) is 9.56. The molecule has 1 aromatic carbocycles. The van der Waals surface area contributed by atoms with E-state index in [1.165, 1.54) is 0 Å². The molecule has 2 atom stereocenters. The number of carbonyl (C=O) groups is 1. The van der Waals surface area contributed by atoms with Gasteiger partial charge in [-0.25, -0.2) is 0 Å². The average molecular weight is 278 g/mol. The van der Waals surface area contributed by atoms with Crippen LogP contribution in [0.1, 0.15) is 19.4 Å². The molecule has 0 spiro atoms. The molecule has 0 aliphatic carbocycles. The standard InChI is InChI=1S/C14H18N2O2S/c1-3-18-12(17)14(11-7-5-4-6-8-11)9-15-13(19)16-10(14)2/h4-8,10H,3,9H2,1-2H3,(H2,15,16,19). The predicted octanol–water partition coefficient (Wildman–Crippen LogP) is 1.35. The highest BCUT2D eigenvalue weighted by Gasteiger charge is 2.49. The maximum absolute atomic E-state index is 12.5. The van der Waals surface area contributed by atoms with E-state index in [-0.39, 0.29) is 12.0 Å². The summed E-state index contributed by atoms with van der Waals surface area (Å²) >= 11 is 5.11. The van der Waals surface area contributed by atoms with Crippen molar-refractivity contribution in [3.8, 4) is 0 Å². The van der Waals surface area contributed by atoms with Crippen LogP contribution in [0.4, 0.5) is 0 Å². The lowest BCUT2D eigenvalue weighted by atomic mass is 9.73. The minimum atomic E-state index is -0.750. The van der Waals surface area contributed by atoms with Crippen LogP contribution in [-0.2, 0) is 14.9 Å². The summed E-state index contributed by atoms with van der Waals surface area (Å²) in [5, 5.41) is 6.76. The Kier molecular flexibility index (Phi) is 4.04. The van der Waals surface area contributed by atoms with Gasteiger partial charge in [0.2, 0.25) is 0 Å². The molecule has 0 amide bonds. The summed E-state index contributed by atoms with van der Waals surface area (Å²) < 4.78 is 5.28. The van der Waals surface area contributed by atoms with Crippen molar-refractivity contribution in [1.29, 1.82) is 0 Å². The Hall–Kier alpha value is -1.62. The normalized spacial score (nSPS) is 26.2. The predicted molar refractivity (Wildman–Crippen MR) is 78.0 cm³/mol. The van der Waals surface area contributed by atoms with Crippen molar-refractivity contribution < 1.29 is 9.53 Å². The summed E-state index contributed by atoms with van der Waals surface area (Å²) in [6.45, 7) is 4.58. The van der Waals surface area contributed by atoms with E-state index >= 15 is 0 Å². The molecule has 2 rings (SSSR count). The lowest BCUT2D eigenvalue weighted by molar-refractivity contribution is -0.151. The third-order valence-electron chi connectivity index (χ3n) is 3.54. The van der Waals surface area contributed by atoms with Crippen LogP contribution in [0.5, 0.6) is 0 Å². The Bertz CT molecular complexity index is 478. The first-order valence-electron chi connectivity index (χ1n) is 6.38. The van der Waals surface area contributed by atoms with Crippen molar-refractivity contribution in [2.24, 2.45) is 0 Å². The molecular weight excluding hydrogens is 260 g/mol. The first kappa shape index (κ1) is 13.8. The zero-order chi connectivity index (χ0) is 13.9. The van der Waals surface area contributed by atoms with Crippen molar-refractivity contribution in [2.75, 3.05) is 13.2 Å². The van der Waals surface area contributed by atoms with Gasteiger partial charge in [0.15, 0.2) is 5.11 Å². The number of thiocarbonyl (C=S) groups is 1. The van der Waals surface area contributed by atoms with Crippen molar-refractivity contribution in [3.63, 3.8) is 0 Å². The number of rotatable bonds is 3. The lowest BCUT2D eigenvalue weighted by Gasteiger charge is -2.42. The maximum atomic E-state index is 12.5. The molecule has 1 aliphatic heterocycles. The van der Waals surface area contributed by atoms with Gasteiger partial charge in [-0.2, -0.15) is 0 Å². The molecule has 102 valence electrons. The fourth-order valence-corrected chi connectivity index (χ4v) is 2.71. The molecule has 1 fully saturated rings. The number of benzene rings is 1. The zero-order valence-corrected chi connectivity index (χ0v) is 11.9.